The number of aromatic hydroxyl groups is 1. The first kappa shape index (κ1) is 20.7. The highest BCUT2D eigenvalue weighted by molar-refractivity contribution is 5.95. The van der Waals surface area contributed by atoms with Crippen LogP contribution < -0.4 is 10.3 Å². The van der Waals surface area contributed by atoms with E-state index in [1.165, 1.54) is 0 Å². The van der Waals surface area contributed by atoms with Crippen LogP contribution in [-0.4, -0.2) is 45.2 Å². The predicted molar refractivity (Wildman–Crippen MR) is 118 cm³/mol. The number of ether oxygens (including phenoxy) is 1. The summed E-state index contributed by atoms with van der Waals surface area (Å²) in [6.45, 7) is 4.80. The van der Waals surface area contributed by atoms with Crippen molar-refractivity contribution < 1.29 is 14.6 Å². The zero-order valence-corrected chi connectivity index (χ0v) is 17.8. The minimum atomic E-state index is -0.776. The predicted octanol–water partition coefficient (Wildman–Crippen LogP) is 3.08. The molecule has 3 aromatic rings. The lowest BCUT2D eigenvalue weighted by atomic mass is 9.97. The fourth-order valence-electron chi connectivity index (χ4n) is 4.02. The SMILES string of the molecule is COc1ccc(-c2ccccc2Cc2nc(=O)c(O)c3n2CCN(C(C)C)C3=O)cc1. The van der Waals surface area contributed by atoms with Gasteiger partial charge >= 0.3 is 5.56 Å². The first-order valence-corrected chi connectivity index (χ1v) is 10.3. The molecule has 0 radical (unpaired) electrons. The largest absolute Gasteiger partial charge is 0.501 e. The highest BCUT2D eigenvalue weighted by Crippen LogP contribution is 2.28. The molecule has 7 nitrogen and oxygen atoms in total. The lowest BCUT2D eigenvalue weighted by Gasteiger charge is -2.34. The van der Waals surface area contributed by atoms with E-state index in [2.05, 4.69) is 4.98 Å². The van der Waals surface area contributed by atoms with Crippen LogP contribution in [-0.2, 0) is 13.0 Å². The van der Waals surface area contributed by atoms with Crippen molar-refractivity contribution >= 4 is 5.91 Å². The van der Waals surface area contributed by atoms with Gasteiger partial charge in [0.25, 0.3) is 5.91 Å². The summed E-state index contributed by atoms with van der Waals surface area (Å²) < 4.78 is 6.93. The Balaban J connectivity index is 1.78. The average Bonchev–Trinajstić information content (AvgIpc) is 2.77. The smallest absolute Gasteiger partial charge is 0.315 e. The Kier molecular flexibility index (Phi) is 5.50. The van der Waals surface area contributed by atoms with Crippen molar-refractivity contribution in [3.63, 3.8) is 0 Å². The number of rotatable bonds is 5. The number of carbonyl (C=O) groups is 1. The summed E-state index contributed by atoms with van der Waals surface area (Å²) in [6.07, 6.45) is 0.361. The fraction of sp³-hybridized carbons (Fsp3) is 0.292. The molecule has 1 aliphatic heterocycles. The van der Waals surface area contributed by atoms with Crippen LogP contribution in [0.2, 0.25) is 0 Å². The molecule has 0 spiro atoms. The van der Waals surface area contributed by atoms with E-state index in [-0.39, 0.29) is 17.6 Å². The minimum absolute atomic E-state index is 0.0248. The van der Waals surface area contributed by atoms with Gasteiger partial charge in [0.05, 0.1) is 7.11 Å². The number of hydrogen-bond donors (Lipinski definition) is 1. The maximum Gasteiger partial charge on any atom is 0.315 e. The van der Waals surface area contributed by atoms with Crippen LogP contribution in [0.15, 0.2) is 53.3 Å². The summed E-state index contributed by atoms with van der Waals surface area (Å²) in [5.41, 5.74) is 2.24. The summed E-state index contributed by atoms with van der Waals surface area (Å²) in [5.74, 6) is 0.316. The molecule has 160 valence electrons. The summed E-state index contributed by atoms with van der Waals surface area (Å²) in [7, 11) is 1.63. The molecule has 7 heteroatoms. The lowest BCUT2D eigenvalue weighted by Crippen LogP contribution is -2.46. The second-order valence-corrected chi connectivity index (χ2v) is 7.84. The monoisotopic (exact) mass is 419 g/mol. The number of amides is 1. The minimum Gasteiger partial charge on any atom is -0.501 e. The second-order valence-electron chi connectivity index (χ2n) is 7.84. The van der Waals surface area contributed by atoms with Crippen molar-refractivity contribution in [3.05, 3.63) is 76.0 Å². The van der Waals surface area contributed by atoms with E-state index in [1.807, 2.05) is 62.4 Å². The van der Waals surface area contributed by atoms with Crippen molar-refractivity contribution in [1.29, 1.82) is 0 Å². The number of benzene rings is 2. The maximum absolute atomic E-state index is 13.0. The number of fused-ring (bicyclic) bond motifs is 1. The van der Waals surface area contributed by atoms with Gasteiger partial charge in [0.2, 0.25) is 5.75 Å². The van der Waals surface area contributed by atoms with Gasteiger partial charge in [-0.15, -0.1) is 0 Å². The molecule has 1 amide bonds. The standard InChI is InChI=1S/C24H25N3O4/c1-15(2)26-12-13-27-20(25-23(29)22(28)21(27)24(26)30)14-17-6-4-5-7-19(17)16-8-10-18(31-3)11-9-16/h4-11,15,28H,12-14H2,1-3H3. The molecule has 1 N–H and O–H groups in total. The number of methoxy groups -OCH3 is 1. The Labute approximate surface area is 180 Å². The Bertz CT molecular complexity index is 1180. The lowest BCUT2D eigenvalue weighted by molar-refractivity contribution is 0.0638. The van der Waals surface area contributed by atoms with Crippen molar-refractivity contribution in [3.8, 4) is 22.6 Å². The van der Waals surface area contributed by atoms with E-state index in [1.54, 1.807) is 16.6 Å². The molecule has 4 rings (SSSR count). The van der Waals surface area contributed by atoms with Gasteiger partial charge in [-0.05, 0) is 42.7 Å². The van der Waals surface area contributed by atoms with Gasteiger partial charge in [-0.1, -0.05) is 36.4 Å². The van der Waals surface area contributed by atoms with Gasteiger partial charge in [0.15, 0.2) is 5.69 Å². The van der Waals surface area contributed by atoms with Crippen LogP contribution >= 0.6 is 0 Å². The van der Waals surface area contributed by atoms with E-state index in [9.17, 15) is 14.7 Å². The molecule has 0 bridgehead atoms. The van der Waals surface area contributed by atoms with E-state index in [4.69, 9.17) is 4.74 Å². The fourth-order valence-corrected chi connectivity index (χ4v) is 4.02. The number of nitrogens with zero attached hydrogens (tertiary/aromatic N) is 3. The molecule has 31 heavy (non-hydrogen) atoms. The van der Waals surface area contributed by atoms with E-state index >= 15 is 0 Å². The number of hydrogen-bond acceptors (Lipinski definition) is 5. The molecule has 2 heterocycles. The number of aromatic nitrogens is 2. The molecular formula is C24H25N3O4. The highest BCUT2D eigenvalue weighted by Gasteiger charge is 2.32. The van der Waals surface area contributed by atoms with Gasteiger partial charge in [0, 0.05) is 25.6 Å². The van der Waals surface area contributed by atoms with E-state index < -0.39 is 11.3 Å². The van der Waals surface area contributed by atoms with Gasteiger partial charge in [-0.25, -0.2) is 0 Å². The molecule has 0 unspecified atom stereocenters. The highest BCUT2D eigenvalue weighted by atomic mass is 16.5. The third-order valence-electron chi connectivity index (χ3n) is 5.66. The Morgan fingerprint density at radius 3 is 2.45 bits per heavy atom. The molecule has 0 fully saturated rings. The molecule has 0 atom stereocenters. The molecule has 1 aromatic heterocycles. The van der Waals surface area contributed by atoms with Crippen molar-refractivity contribution in [2.75, 3.05) is 13.7 Å². The summed E-state index contributed by atoms with van der Waals surface area (Å²) in [5, 5.41) is 10.3. The molecule has 0 saturated heterocycles. The van der Waals surface area contributed by atoms with Crippen LogP contribution in [0, 0.1) is 0 Å². The van der Waals surface area contributed by atoms with Gasteiger partial charge in [0.1, 0.15) is 11.6 Å². The topological polar surface area (TPSA) is 84.7 Å². The quantitative estimate of drug-likeness (QED) is 0.687. The average molecular weight is 419 g/mol. The van der Waals surface area contributed by atoms with E-state index in [0.717, 1.165) is 22.4 Å². The van der Waals surface area contributed by atoms with Gasteiger partial charge in [-0.3, -0.25) is 9.59 Å². The second kappa shape index (κ2) is 8.26. The molecule has 2 aromatic carbocycles. The maximum atomic E-state index is 13.0. The van der Waals surface area contributed by atoms with Gasteiger partial charge in [-0.2, -0.15) is 4.98 Å². The first-order valence-electron chi connectivity index (χ1n) is 10.3. The first-order chi connectivity index (χ1) is 14.9. The summed E-state index contributed by atoms with van der Waals surface area (Å²) in [4.78, 5) is 31.1. The Hall–Kier alpha value is -3.61. The van der Waals surface area contributed by atoms with Crippen LogP contribution in [0.5, 0.6) is 11.5 Å². The van der Waals surface area contributed by atoms with Crippen LogP contribution in [0.25, 0.3) is 11.1 Å². The van der Waals surface area contributed by atoms with Gasteiger partial charge < -0.3 is 19.3 Å². The van der Waals surface area contributed by atoms with E-state index in [0.29, 0.717) is 25.3 Å². The zero-order valence-electron chi connectivity index (χ0n) is 17.8. The van der Waals surface area contributed by atoms with Crippen LogP contribution in [0.4, 0.5) is 0 Å². The third-order valence-corrected chi connectivity index (χ3v) is 5.66. The summed E-state index contributed by atoms with van der Waals surface area (Å²) in [6, 6.07) is 15.6. The van der Waals surface area contributed by atoms with Crippen molar-refractivity contribution in [1.82, 2.24) is 14.5 Å². The molecular weight excluding hydrogens is 394 g/mol. The van der Waals surface area contributed by atoms with Crippen LogP contribution in [0.3, 0.4) is 0 Å². The molecule has 1 aliphatic rings. The Morgan fingerprint density at radius 1 is 1.06 bits per heavy atom. The van der Waals surface area contributed by atoms with Crippen molar-refractivity contribution in [2.45, 2.75) is 32.9 Å². The number of carbonyl (C=O) groups excluding carboxylic acids is 1. The normalized spacial score (nSPS) is 13.4. The van der Waals surface area contributed by atoms with Crippen LogP contribution in [0.1, 0.15) is 35.7 Å². The van der Waals surface area contributed by atoms with Crippen molar-refractivity contribution in [2.24, 2.45) is 0 Å². The third kappa shape index (κ3) is 3.79. The Morgan fingerprint density at radius 2 is 1.77 bits per heavy atom. The molecule has 0 aliphatic carbocycles. The zero-order chi connectivity index (χ0) is 22.1. The molecule has 0 saturated carbocycles. The summed E-state index contributed by atoms with van der Waals surface area (Å²) >= 11 is 0.